The molecule has 1 heterocycles. The number of hydrogen-bond donors (Lipinski definition) is 5. The Morgan fingerprint density at radius 1 is 0.641 bits per heavy atom. The molecule has 1 aliphatic rings. The van der Waals surface area contributed by atoms with Crippen molar-refractivity contribution in [2.75, 3.05) is 39.7 Å². The molecule has 1 fully saturated rings. The van der Waals surface area contributed by atoms with Gasteiger partial charge in [0.15, 0.2) is 0 Å². The second kappa shape index (κ2) is 11.7. The normalized spacial score (nSPS) is 13.5. The summed E-state index contributed by atoms with van der Waals surface area (Å²) in [4.78, 5) is 27.3. The number of rotatable bonds is 7. The first-order chi connectivity index (χ1) is 18.9. The molecule has 4 aromatic carbocycles. The lowest BCUT2D eigenvalue weighted by Crippen LogP contribution is -2.35. The third kappa shape index (κ3) is 6.74. The van der Waals surface area contributed by atoms with Gasteiger partial charge in [-0.2, -0.15) is 0 Å². The molecule has 0 atom stereocenters. The Hall–Kier alpha value is -4.82. The summed E-state index contributed by atoms with van der Waals surface area (Å²) in [6.07, 6.45) is 1.32. The van der Waals surface area contributed by atoms with Crippen LogP contribution in [0.25, 0.3) is 0 Å². The van der Waals surface area contributed by atoms with Crippen molar-refractivity contribution in [3.05, 3.63) is 108 Å². The van der Waals surface area contributed by atoms with Gasteiger partial charge in [-0.15, -0.1) is 0 Å². The number of carbonyl (C=O) groups is 2. The SMILES string of the molecule is Nc1ccc(C(=O)Nc2ccc(Nc3ccc(NC(=O)c4ccc(N5CCC(O)CC5)cc4)cc3)cc2)cc1. The second-order valence-electron chi connectivity index (χ2n) is 9.58. The van der Waals surface area contributed by atoms with Crippen molar-refractivity contribution in [3.8, 4) is 0 Å². The Kier molecular flexibility index (Phi) is 7.75. The van der Waals surface area contributed by atoms with Crippen molar-refractivity contribution in [2.24, 2.45) is 0 Å². The van der Waals surface area contributed by atoms with E-state index in [2.05, 4.69) is 20.9 Å². The Balaban J connectivity index is 1.13. The van der Waals surface area contributed by atoms with Crippen molar-refractivity contribution in [3.63, 3.8) is 0 Å². The van der Waals surface area contributed by atoms with Crippen LogP contribution in [0.3, 0.4) is 0 Å². The van der Waals surface area contributed by atoms with Gasteiger partial charge in [-0.3, -0.25) is 9.59 Å². The minimum absolute atomic E-state index is 0.173. The van der Waals surface area contributed by atoms with E-state index in [1.165, 1.54) is 0 Å². The summed E-state index contributed by atoms with van der Waals surface area (Å²) in [7, 11) is 0. The average molecular weight is 522 g/mol. The number of benzene rings is 4. The zero-order valence-electron chi connectivity index (χ0n) is 21.4. The lowest BCUT2D eigenvalue weighted by atomic mass is 10.1. The van der Waals surface area contributed by atoms with Gasteiger partial charge in [0.05, 0.1) is 6.10 Å². The van der Waals surface area contributed by atoms with Gasteiger partial charge in [0, 0.05) is 58.3 Å². The molecule has 0 spiro atoms. The molecule has 0 aliphatic carbocycles. The van der Waals surface area contributed by atoms with E-state index in [0.29, 0.717) is 28.2 Å². The summed E-state index contributed by atoms with van der Waals surface area (Å²) in [6.45, 7) is 1.64. The molecule has 198 valence electrons. The molecule has 0 saturated carbocycles. The summed E-state index contributed by atoms with van der Waals surface area (Å²) in [5.41, 5.74) is 11.6. The maximum Gasteiger partial charge on any atom is 0.255 e. The van der Waals surface area contributed by atoms with Crippen molar-refractivity contribution >= 4 is 45.9 Å². The predicted molar refractivity (Wildman–Crippen MR) is 157 cm³/mol. The fourth-order valence-corrected chi connectivity index (χ4v) is 4.43. The van der Waals surface area contributed by atoms with Crippen LogP contribution in [0.15, 0.2) is 97.1 Å². The van der Waals surface area contributed by atoms with Gasteiger partial charge in [0.2, 0.25) is 0 Å². The standard InChI is InChI=1S/C31H31N5O3/c32-23-5-1-21(2-6-23)30(38)34-26-11-7-24(8-12-26)33-25-9-13-27(14-10-25)35-31(39)22-3-15-28(16-4-22)36-19-17-29(37)18-20-36/h1-16,29,33,37H,17-20,32H2,(H,34,38)(H,35,39). The fraction of sp³-hybridized carbons (Fsp3) is 0.161. The van der Waals surface area contributed by atoms with Gasteiger partial charge >= 0.3 is 0 Å². The van der Waals surface area contributed by atoms with Crippen LogP contribution in [-0.4, -0.2) is 36.1 Å². The van der Waals surface area contributed by atoms with Crippen molar-refractivity contribution in [1.82, 2.24) is 0 Å². The van der Waals surface area contributed by atoms with Gasteiger partial charge in [-0.05, 0) is 110 Å². The van der Waals surface area contributed by atoms with Crippen LogP contribution in [0.4, 0.5) is 34.1 Å². The number of aliphatic hydroxyl groups excluding tert-OH is 1. The van der Waals surface area contributed by atoms with E-state index in [4.69, 9.17) is 5.73 Å². The Morgan fingerprint density at radius 2 is 1.05 bits per heavy atom. The molecule has 4 aromatic rings. The Morgan fingerprint density at radius 3 is 1.51 bits per heavy atom. The smallest absolute Gasteiger partial charge is 0.255 e. The number of nitrogens with two attached hydrogens (primary N) is 1. The summed E-state index contributed by atoms with van der Waals surface area (Å²) in [5, 5.41) is 18.8. The number of carbonyl (C=O) groups excluding carboxylic acids is 2. The molecule has 8 heteroatoms. The largest absolute Gasteiger partial charge is 0.399 e. The van der Waals surface area contributed by atoms with Gasteiger partial charge in [-0.25, -0.2) is 0 Å². The number of anilines is 6. The molecule has 8 nitrogen and oxygen atoms in total. The summed E-state index contributed by atoms with van der Waals surface area (Å²) >= 11 is 0. The first-order valence-electron chi connectivity index (χ1n) is 12.9. The number of amides is 2. The maximum atomic E-state index is 12.7. The number of hydrogen-bond acceptors (Lipinski definition) is 6. The zero-order valence-corrected chi connectivity index (χ0v) is 21.4. The minimum atomic E-state index is -0.214. The summed E-state index contributed by atoms with van der Waals surface area (Å²) in [5.74, 6) is -0.375. The number of aliphatic hydroxyl groups is 1. The fourth-order valence-electron chi connectivity index (χ4n) is 4.43. The van der Waals surface area contributed by atoms with E-state index >= 15 is 0 Å². The van der Waals surface area contributed by atoms with E-state index in [1.54, 1.807) is 24.3 Å². The van der Waals surface area contributed by atoms with Crippen LogP contribution in [0.1, 0.15) is 33.6 Å². The summed E-state index contributed by atoms with van der Waals surface area (Å²) < 4.78 is 0. The summed E-state index contributed by atoms with van der Waals surface area (Å²) in [6, 6.07) is 29.2. The van der Waals surface area contributed by atoms with Crippen LogP contribution in [0.2, 0.25) is 0 Å². The number of piperidine rings is 1. The zero-order chi connectivity index (χ0) is 27.2. The number of nitrogens with zero attached hydrogens (tertiary/aromatic N) is 1. The molecule has 39 heavy (non-hydrogen) atoms. The first kappa shape index (κ1) is 25.8. The molecule has 6 N–H and O–H groups in total. The molecular weight excluding hydrogens is 490 g/mol. The Labute approximate surface area is 227 Å². The van der Waals surface area contributed by atoms with E-state index < -0.39 is 0 Å². The van der Waals surface area contributed by atoms with Gasteiger partial charge < -0.3 is 31.7 Å². The molecule has 2 amide bonds. The first-order valence-corrected chi connectivity index (χ1v) is 12.9. The molecule has 5 rings (SSSR count). The highest BCUT2D eigenvalue weighted by molar-refractivity contribution is 6.05. The van der Waals surface area contributed by atoms with Crippen molar-refractivity contribution in [2.45, 2.75) is 18.9 Å². The molecule has 0 aromatic heterocycles. The molecule has 0 bridgehead atoms. The monoisotopic (exact) mass is 521 g/mol. The van der Waals surface area contributed by atoms with Crippen LogP contribution in [-0.2, 0) is 0 Å². The highest BCUT2D eigenvalue weighted by Crippen LogP contribution is 2.23. The van der Waals surface area contributed by atoms with Crippen molar-refractivity contribution in [1.29, 1.82) is 0 Å². The Bertz CT molecular complexity index is 1410. The molecule has 0 unspecified atom stereocenters. The molecule has 1 saturated heterocycles. The predicted octanol–water partition coefficient (Wildman–Crippen LogP) is 5.48. The highest BCUT2D eigenvalue weighted by atomic mass is 16.3. The minimum Gasteiger partial charge on any atom is -0.399 e. The van der Waals surface area contributed by atoms with E-state index in [0.717, 1.165) is 43.0 Å². The average Bonchev–Trinajstić information content (AvgIpc) is 2.96. The van der Waals surface area contributed by atoms with Gasteiger partial charge in [0.25, 0.3) is 11.8 Å². The van der Waals surface area contributed by atoms with E-state index in [1.807, 2.05) is 72.8 Å². The third-order valence-corrected chi connectivity index (χ3v) is 6.71. The molecule has 1 aliphatic heterocycles. The highest BCUT2D eigenvalue weighted by Gasteiger charge is 2.17. The maximum absolute atomic E-state index is 12.7. The number of nitrogens with one attached hydrogen (secondary N) is 3. The van der Waals surface area contributed by atoms with E-state index in [-0.39, 0.29) is 17.9 Å². The van der Waals surface area contributed by atoms with Crippen LogP contribution >= 0.6 is 0 Å². The second-order valence-corrected chi connectivity index (χ2v) is 9.58. The van der Waals surface area contributed by atoms with Crippen LogP contribution < -0.4 is 26.6 Å². The molecular formula is C31H31N5O3. The van der Waals surface area contributed by atoms with Crippen molar-refractivity contribution < 1.29 is 14.7 Å². The van der Waals surface area contributed by atoms with Gasteiger partial charge in [0.1, 0.15) is 0 Å². The van der Waals surface area contributed by atoms with Gasteiger partial charge in [-0.1, -0.05) is 0 Å². The number of nitrogen functional groups attached to an aromatic ring is 1. The quantitative estimate of drug-likeness (QED) is 0.206. The van der Waals surface area contributed by atoms with Crippen LogP contribution in [0, 0.1) is 0 Å². The topological polar surface area (TPSA) is 120 Å². The lowest BCUT2D eigenvalue weighted by molar-refractivity contribution is 0.101. The van der Waals surface area contributed by atoms with Crippen LogP contribution in [0.5, 0.6) is 0 Å². The van der Waals surface area contributed by atoms with E-state index in [9.17, 15) is 14.7 Å². The molecule has 0 radical (unpaired) electrons. The third-order valence-electron chi connectivity index (χ3n) is 6.71. The lowest BCUT2D eigenvalue weighted by Gasteiger charge is -2.31.